The van der Waals surface area contributed by atoms with Crippen molar-refractivity contribution in [3.05, 3.63) is 35.9 Å². The molecular formula is C12H18N2O. The van der Waals surface area contributed by atoms with Gasteiger partial charge in [-0.3, -0.25) is 10.2 Å². The van der Waals surface area contributed by atoms with Crippen LogP contribution in [0.3, 0.4) is 0 Å². The Labute approximate surface area is 91.0 Å². The van der Waals surface area contributed by atoms with E-state index < -0.39 is 0 Å². The first-order valence-electron chi connectivity index (χ1n) is 5.13. The molecule has 0 atom stereocenters. The third kappa shape index (κ3) is 3.72. The molecule has 1 rings (SSSR count). The highest BCUT2D eigenvalue weighted by atomic mass is 16.5. The van der Waals surface area contributed by atoms with Crippen LogP contribution in [0.25, 0.3) is 0 Å². The first-order valence-corrected chi connectivity index (χ1v) is 5.13. The molecule has 0 saturated carbocycles. The monoisotopic (exact) mass is 206 g/mol. The summed E-state index contributed by atoms with van der Waals surface area (Å²) in [4.78, 5) is 4.39. The minimum Gasteiger partial charge on any atom is -0.287 e. The molecule has 1 N–H and O–H groups in total. The summed E-state index contributed by atoms with van der Waals surface area (Å²) in [5.74, 6) is 1.10. The molecule has 0 aromatic heterocycles. The van der Waals surface area contributed by atoms with E-state index >= 15 is 0 Å². The van der Waals surface area contributed by atoms with Crippen LogP contribution in [-0.2, 0) is 0 Å². The number of benzene rings is 1. The first kappa shape index (κ1) is 11.7. The van der Waals surface area contributed by atoms with Crippen molar-refractivity contribution in [2.75, 3.05) is 13.6 Å². The second-order valence-electron chi connectivity index (χ2n) is 3.95. The Morgan fingerprint density at radius 1 is 1.33 bits per heavy atom. The van der Waals surface area contributed by atoms with Crippen molar-refractivity contribution in [3.63, 3.8) is 0 Å². The molecule has 0 aliphatic heterocycles. The van der Waals surface area contributed by atoms with E-state index in [9.17, 15) is 5.21 Å². The van der Waals surface area contributed by atoms with E-state index in [1.165, 1.54) is 0 Å². The molecule has 3 heteroatoms. The topological polar surface area (TPSA) is 35.8 Å². The molecular weight excluding hydrogens is 188 g/mol. The van der Waals surface area contributed by atoms with Crippen molar-refractivity contribution >= 4 is 5.84 Å². The van der Waals surface area contributed by atoms with Crippen LogP contribution >= 0.6 is 0 Å². The van der Waals surface area contributed by atoms with Crippen LogP contribution in [0.4, 0.5) is 0 Å². The van der Waals surface area contributed by atoms with E-state index in [4.69, 9.17) is 0 Å². The summed E-state index contributed by atoms with van der Waals surface area (Å²) < 4.78 is 0. The van der Waals surface area contributed by atoms with E-state index in [1.807, 2.05) is 30.3 Å². The first-order chi connectivity index (χ1) is 7.11. The Morgan fingerprint density at radius 2 is 1.93 bits per heavy atom. The fourth-order valence-corrected chi connectivity index (χ4v) is 1.24. The maximum absolute atomic E-state index is 9.48. The van der Waals surface area contributed by atoms with Crippen molar-refractivity contribution in [1.82, 2.24) is 5.06 Å². The molecule has 0 heterocycles. The Balaban J connectivity index is 2.89. The van der Waals surface area contributed by atoms with Crippen LogP contribution in [0.5, 0.6) is 0 Å². The molecule has 0 aliphatic rings. The summed E-state index contributed by atoms with van der Waals surface area (Å²) >= 11 is 0. The van der Waals surface area contributed by atoms with Gasteiger partial charge >= 0.3 is 0 Å². The summed E-state index contributed by atoms with van der Waals surface area (Å²) in [7, 11) is 1.59. The zero-order valence-electron chi connectivity index (χ0n) is 9.51. The number of nitrogens with zero attached hydrogens (tertiary/aromatic N) is 2. The summed E-state index contributed by atoms with van der Waals surface area (Å²) in [5, 5.41) is 10.5. The zero-order chi connectivity index (χ0) is 11.3. The molecule has 0 aliphatic carbocycles. The Morgan fingerprint density at radius 3 is 2.40 bits per heavy atom. The van der Waals surface area contributed by atoms with Gasteiger partial charge in [-0.25, -0.2) is 5.06 Å². The highest BCUT2D eigenvalue weighted by molar-refractivity contribution is 5.97. The van der Waals surface area contributed by atoms with Gasteiger partial charge in [0.1, 0.15) is 0 Å². The van der Waals surface area contributed by atoms with Crippen LogP contribution in [-0.4, -0.2) is 29.7 Å². The van der Waals surface area contributed by atoms with E-state index in [0.29, 0.717) is 11.8 Å². The van der Waals surface area contributed by atoms with Crippen LogP contribution in [0, 0.1) is 5.92 Å². The van der Waals surface area contributed by atoms with Gasteiger partial charge in [0.15, 0.2) is 5.84 Å². The van der Waals surface area contributed by atoms with E-state index in [1.54, 1.807) is 7.05 Å². The van der Waals surface area contributed by atoms with Gasteiger partial charge < -0.3 is 0 Å². The van der Waals surface area contributed by atoms with Gasteiger partial charge in [0.2, 0.25) is 0 Å². The Bertz CT molecular complexity index is 318. The summed E-state index contributed by atoms with van der Waals surface area (Å²) in [5.41, 5.74) is 0.933. The van der Waals surface area contributed by atoms with Gasteiger partial charge in [-0.05, 0) is 5.92 Å². The molecule has 0 amide bonds. The molecule has 1 aromatic carbocycles. The van der Waals surface area contributed by atoms with Crippen LogP contribution in [0.1, 0.15) is 19.4 Å². The molecule has 3 nitrogen and oxygen atoms in total. The van der Waals surface area contributed by atoms with Crippen LogP contribution in [0.2, 0.25) is 0 Å². The number of hydrogen-bond acceptors (Lipinski definition) is 2. The predicted octanol–water partition coefficient (Wildman–Crippen LogP) is 2.41. The second kappa shape index (κ2) is 5.51. The number of rotatable bonds is 3. The molecule has 0 radical (unpaired) electrons. The molecule has 15 heavy (non-hydrogen) atoms. The lowest BCUT2D eigenvalue weighted by atomic mass is 10.2. The van der Waals surface area contributed by atoms with Gasteiger partial charge in [0.05, 0.1) is 0 Å². The van der Waals surface area contributed by atoms with Crippen LogP contribution in [0.15, 0.2) is 35.3 Å². The van der Waals surface area contributed by atoms with E-state index in [0.717, 1.165) is 17.2 Å². The van der Waals surface area contributed by atoms with E-state index in [-0.39, 0.29) is 0 Å². The van der Waals surface area contributed by atoms with Crippen molar-refractivity contribution in [2.45, 2.75) is 13.8 Å². The third-order valence-corrected chi connectivity index (χ3v) is 1.94. The second-order valence-corrected chi connectivity index (χ2v) is 3.95. The fraction of sp³-hybridized carbons (Fsp3) is 0.417. The molecule has 0 saturated heterocycles. The fourth-order valence-electron chi connectivity index (χ4n) is 1.24. The number of hydroxylamine groups is 2. The predicted molar refractivity (Wildman–Crippen MR) is 62.2 cm³/mol. The van der Waals surface area contributed by atoms with Gasteiger partial charge in [0.25, 0.3) is 0 Å². The molecule has 0 unspecified atom stereocenters. The molecule has 0 bridgehead atoms. The zero-order valence-corrected chi connectivity index (χ0v) is 9.51. The molecule has 1 aromatic rings. The quantitative estimate of drug-likeness (QED) is 0.468. The van der Waals surface area contributed by atoms with Gasteiger partial charge in [-0.15, -0.1) is 0 Å². The number of amidine groups is 1. The average Bonchev–Trinajstić information content (AvgIpc) is 2.18. The molecule has 0 fully saturated rings. The highest BCUT2D eigenvalue weighted by Crippen LogP contribution is 2.04. The maximum atomic E-state index is 9.48. The standard InChI is InChI=1S/C12H18N2O/c1-10(2)9-13-12(14(3)15)11-7-5-4-6-8-11/h4-8,10,15H,9H2,1-3H3. The summed E-state index contributed by atoms with van der Waals surface area (Å²) in [6.45, 7) is 4.92. The number of hydrogen-bond donors (Lipinski definition) is 1. The maximum Gasteiger partial charge on any atom is 0.154 e. The van der Waals surface area contributed by atoms with Gasteiger partial charge in [0, 0.05) is 19.2 Å². The number of aliphatic imine (C=N–C) groups is 1. The SMILES string of the molecule is CC(C)CN=C(c1ccccc1)N(C)O. The molecule has 82 valence electrons. The van der Waals surface area contributed by atoms with E-state index in [2.05, 4.69) is 18.8 Å². The Hall–Kier alpha value is -1.35. The summed E-state index contributed by atoms with van der Waals surface area (Å²) in [6, 6.07) is 9.69. The lowest BCUT2D eigenvalue weighted by Crippen LogP contribution is -2.24. The van der Waals surface area contributed by atoms with Crippen molar-refractivity contribution in [1.29, 1.82) is 0 Å². The largest absolute Gasteiger partial charge is 0.287 e. The van der Waals surface area contributed by atoms with Gasteiger partial charge in [-0.1, -0.05) is 44.2 Å². The lowest BCUT2D eigenvalue weighted by molar-refractivity contribution is 0.0139. The normalized spacial score (nSPS) is 11.9. The Kier molecular flexibility index (Phi) is 4.31. The lowest BCUT2D eigenvalue weighted by Gasteiger charge is -2.14. The average molecular weight is 206 g/mol. The smallest absolute Gasteiger partial charge is 0.154 e. The third-order valence-electron chi connectivity index (χ3n) is 1.94. The van der Waals surface area contributed by atoms with Crippen molar-refractivity contribution in [3.8, 4) is 0 Å². The van der Waals surface area contributed by atoms with Crippen molar-refractivity contribution in [2.24, 2.45) is 10.9 Å². The summed E-state index contributed by atoms with van der Waals surface area (Å²) in [6.07, 6.45) is 0. The van der Waals surface area contributed by atoms with Crippen LogP contribution < -0.4 is 0 Å². The minimum absolute atomic E-state index is 0.490. The highest BCUT2D eigenvalue weighted by Gasteiger charge is 2.06. The van der Waals surface area contributed by atoms with Gasteiger partial charge in [-0.2, -0.15) is 0 Å². The minimum atomic E-state index is 0.490. The van der Waals surface area contributed by atoms with Crippen molar-refractivity contribution < 1.29 is 5.21 Å². The molecule has 0 spiro atoms.